The van der Waals surface area contributed by atoms with Gasteiger partial charge in [-0.25, -0.2) is 0 Å². The van der Waals surface area contributed by atoms with Gasteiger partial charge < -0.3 is 0 Å². The van der Waals surface area contributed by atoms with Crippen molar-refractivity contribution < 1.29 is 0 Å². The fourth-order valence-electron chi connectivity index (χ4n) is 5.19. The summed E-state index contributed by atoms with van der Waals surface area (Å²) >= 11 is 7.43. The second-order valence-corrected chi connectivity index (χ2v) is 9.85. The van der Waals surface area contributed by atoms with Crippen molar-refractivity contribution in [2.24, 2.45) is 0 Å². The first-order chi connectivity index (χ1) is 14.1. The third kappa shape index (κ3) is 2.60. The first kappa shape index (κ1) is 17.6. The minimum atomic E-state index is 0.00327. The van der Waals surface area contributed by atoms with Gasteiger partial charge in [0.1, 0.15) is 0 Å². The maximum Gasteiger partial charge on any atom is 0.0702 e. The van der Waals surface area contributed by atoms with Crippen molar-refractivity contribution in [2.45, 2.75) is 18.3 Å². The largest absolute Gasteiger partial charge is 0.256 e. The molecule has 3 aromatic carbocycles. The van der Waals surface area contributed by atoms with Crippen LogP contribution in [0.5, 0.6) is 0 Å². The van der Waals surface area contributed by atoms with E-state index in [4.69, 9.17) is 0 Å². The fourth-order valence-corrected chi connectivity index (χ4v) is 5.91. The van der Waals surface area contributed by atoms with Gasteiger partial charge in [0.15, 0.2) is 0 Å². The topological polar surface area (TPSA) is 12.9 Å². The molecule has 0 amide bonds. The summed E-state index contributed by atoms with van der Waals surface area (Å²) in [6, 6.07) is 26.5. The van der Waals surface area contributed by atoms with E-state index in [2.05, 4.69) is 104 Å². The Labute approximate surface area is 187 Å². The van der Waals surface area contributed by atoms with Gasteiger partial charge in [0, 0.05) is 26.1 Å². The molecule has 0 saturated carbocycles. The average Bonchev–Trinajstić information content (AvgIpc) is 3.24. The SMILES string of the molecule is Brc1ccc2c(c1)C1(Cc3ccc(-c4ccccn4)cc3C1)c1cc(Br)ccc1-2. The highest BCUT2D eigenvalue weighted by Gasteiger charge is 2.47. The van der Waals surface area contributed by atoms with Crippen LogP contribution in [0.3, 0.4) is 0 Å². The van der Waals surface area contributed by atoms with Crippen molar-refractivity contribution in [3.8, 4) is 22.4 Å². The van der Waals surface area contributed by atoms with Gasteiger partial charge in [-0.1, -0.05) is 62.2 Å². The van der Waals surface area contributed by atoms with Crippen LogP contribution in [0, 0.1) is 0 Å². The Bertz CT molecular complexity index is 1230. The van der Waals surface area contributed by atoms with Crippen LogP contribution in [-0.4, -0.2) is 4.98 Å². The van der Waals surface area contributed by atoms with Gasteiger partial charge in [-0.05, 0) is 88.7 Å². The van der Waals surface area contributed by atoms with Gasteiger partial charge in [0.05, 0.1) is 5.69 Å². The number of pyridine rings is 1. The Kier molecular flexibility index (Phi) is 3.88. The van der Waals surface area contributed by atoms with E-state index in [1.165, 1.54) is 38.9 Å². The van der Waals surface area contributed by atoms with E-state index >= 15 is 0 Å². The molecule has 6 rings (SSSR count). The minimum Gasteiger partial charge on any atom is -0.256 e. The lowest BCUT2D eigenvalue weighted by atomic mass is 9.76. The molecular formula is C26H17Br2N. The molecule has 0 radical (unpaired) electrons. The van der Waals surface area contributed by atoms with Gasteiger partial charge in [0.25, 0.3) is 0 Å². The second kappa shape index (κ2) is 6.38. The smallest absolute Gasteiger partial charge is 0.0702 e. The van der Waals surface area contributed by atoms with Crippen LogP contribution < -0.4 is 0 Å². The average molecular weight is 503 g/mol. The number of benzene rings is 3. The molecule has 140 valence electrons. The predicted molar refractivity (Wildman–Crippen MR) is 125 cm³/mol. The monoisotopic (exact) mass is 501 g/mol. The first-order valence-electron chi connectivity index (χ1n) is 9.78. The summed E-state index contributed by atoms with van der Waals surface area (Å²) in [7, 11) is 0. The lowest BCUT2D eigenvalue weighted by Gasteiger charge is -2.27. The molecule has 0 N–H and O–H groups in total. The van der Waals surface area contributed by atoms with Crippen molar-refractivity contribution >= 4 is 31.9 Å². The van der Waals surface area contributed by atoms with Crippen LogP contribution in [0.2, 0.25) is 0 Å². The summed E-state index contributed by atoms with van der Waals surface area (Å²) < 4.78 is 2.29. The number of halogens is 2. The molecule has 3 heteroatoms. The lowest BCUT2D eigenvalue weighted by molar-refractivity contribution is 0.563. The van der Waals surface area contributed by atoms with E-state index in [0.717, 1.165) is 27.5 Å². The summed E-state index contributed by atoms with van der Waals surface area (Å²) in [5, 5.41) is 0. The molecule has 0 saturated heterocycles. The van der Waals surface area contributed by atoms with Gasteiger partial charge in [0.2, 0.25) is 0 Å². The number of rotatable bonds is 1. The predicted octanol–water partition coefficient (Wildman–Crippen LogP) is 7.34. The highest BCUT2D eigenvalue weighted by atomic mass is 79.9. The molecule has 29 heavy (non-hydrogen) atoms. The molecule has 2 aliphatic rings. The molecule has 0 atom stereocenters. The number of hydrogen-bond donors (Lipinski definition) is 0. The summed E-state index contributed by atoms with van der Waals surface area (Å²) in [4.78, 5) is 4.55. The Morgan fingerprint density at radius 2 is 1.38 bits per heavy atom. The molecule has 1 nitrogen and oxygen atoms in total. The molecule has 0 bridgehead atoms. The summed E-state index contributed by atoms with van der Waals surface area (Å²) in [6.45, 7) is 0. The van der Waals surface area contributed by atoms with Crippen LogP contribution >= 0.6 is 31.9 Å². The standard InChI is InChI=1S/C26H17Br2N/c27-19-6-8-21-22-9-7-20(28)13-24(22)26(23(21)12-19)14-17-5-4-16(11-18(17)15-26)25-3-1-2-10-29-25/h1-13H,14-15H2. The number of nitrogens with zero attached hydrogens (tertiary/aromatic N) is 1. The van der Waals surface area contributed by atoms with Crippen LogP contribution in [0.4, 0.5) is 0 Å². The van der Waals surface area contributed by atoms with E-state index in [-0.39, 0.29) is 5.41 Å². The Hall–Kier alpha value is -2.23. The van der Waals surface area contributed by atoms with Crippen LogP contribution in [0.1, 0.15) is 22.3 Å². The molecule has 2 aliphatic carbocycles. The summed E-state index contributed by atoms with van der Waals surface area (Å²) in [5.74, 6) is 0. The van der Waals surface area contributed by atoms with Gasteiger partial charge in [-0.15, -0.1) is 0 Å². The van der Waals surface area contributed by atoms with Crippen LogP contribution in [0.25, 0.3) is 22.4 Å². The summed E-state index contributed by atoms with van der Waals surface area (Å²) in [5.41, 5.74) is 10.7. The zero-order valence-electron chi connectivity index (χ0n) is 15.6. The number of fused-ring (bicyclic) bond motifs is 6. The molecule has 0 unspecified atom stereocenters. The Balaban J connectivity index is 1.54. The summed E-state index contributed by atoms with van der Waals surface area (Å²) in [6.07, 6.45) is 3.93. The third-order valence-electron chi connectivity index (χ3n) is 6.44. The molecular weight excluding hydrogens is 486 g/mol. The van der Waals surface area contributed by atoms with Gasteiger partial charge in [-0.2, -0.15) is 0 Å². The second-order valence-electron chi connectivity index (χ2n) is 8.01. The van der Waals surface area contributed by atoms with E-state index in [1.807, 2.05) is 12.3 Å². The molecule has 0 fully saturated rings. The maximum atomic E-state index is 4.55. The molecule has 1 spiro atoms. The van der Waals surface area contributed by atoms with Crippen LogP contribution in [-0.2, 0) is 18.3 Å². The fraction of sp³-hybridized carbons (Fsp3) is 0.115. The van der Waals surface area contributed by atoms with Gasteiger partial charge in [-0.3, -0.25) is 4.98 Å². The zero-order valence-corrected chi connectivity index (χ0v) is 18.8. The van der Waals surface area contributed by atoms with Gasteiger partial charge >= 0.3 is 0 Å². The van der Waals surface area contributed by atoms with Crippen molar-refractivity contribution in [1.82, 2.24) is 4.98 Å². The minimum absolute atomic E-state index is 0.00327. The van der Waals surface area contributed by atoms with Crippen LogP contribution in [0.15, 0.2) is 87.9 Å². The molecule has 0 aliphatic heterocycles. The van der Waals surface area contributed by atoms with E-state index in [0.29, 0.717) is 0 Å². The quantitative estimate of drug-likeness (QED) is 0.265. The first-order valence-corrected chi connectivity index (χ1v) is 11.4. The van der Waals surface area contributed by atoms with Crippen molar-refractivity contribution in [3.63, 3.8) is 0 Å². The van der Waals surface area contributed by atoms with Crippen molar-refractivity contribution in [3.05, 3.63) is 110 Å². The van der Waals surface area contributed by atoms with E-state index in [1.54, 1.807) is 0 Å². The normalized spacial score (nSPS) is 15.2. The van der Waals surface area contributed by atoms with Crippen molar-refractivity contribution in [2.75, 3.05) is 0 Å². The Morgan fingerprint density at radius 1 is 0.690 bits per heavy atom. The highest BCUT2D eigenvalue weighted by molar-refractivity contribution is 9.10. The number of hydrogen-bond acceptors (Lipinski definition) is 1. The maximum absolute atomic E-state index is 4.55. The molecule has 4 aromatic rings. The van der Waals surface area contributed by atoms with E-state index < -0.39 is 0 Å². The highest BCUT2D eigenvalue weighted by Crippen LogP contribution is 2.56. The third-order valence-corrected chi connectivity index (χ3v) is 7.42. The molecule has 1 aromatic heterocycles. The lowest BCUT2D eigenvalue weighted by Crippen LogP contribution is -2.25. The zero-order chi connectivity index (χ0) is 19.6. The molecule has 1 heterocycles. The number of aromatic nitrogens is 1. The van der Waals surface area contributed by atoms with E-state index in [9.17, 15) is 0 Å². The Morgan fingerprint density at radius 3 is 2.03 bits per heavy atom. The van der Waals surface area contributed by atoms with Crippen molar-refractivity contribution in [1.29, 1.82) is 0 Å².